The Labute approximate surface area is 165 Å². The molecule has 0 aliphatic rings. The second-order valence-electron chi connectivity index (χ2n) is 4.59. The van der Waals surface area contributed by atoms with E-state index >= 15 is 0 Å². The summed E-state index contributed by atoms with van der Waals surface area (Å²) in [5.74, 6) is 0.802. The van der Waals surface area contributed by atoms with E-state index < -0.39 is 11.4 Å². The summed E-state index contributed by atoms with van der Waals surface area (Å²) in [5, 5.41) is 0. The molecule has 0 spiro atoms. The first-order valence-corrected chi connectivity index (χ1v) is 9.76. The number of aromatic nitrogens is 4. The minimum atomic E-state index is -0.517. The standard InChI is InChI=1S/C7H10N2O2S.C6H7ClN2O2.CH4S.CH4/c1-4-5(3-12-2)8-7(11)9-6(4)10;1-3-4(2-7)8-6(11)9-5(3)10;1-2;/h3H2,1-2H3,(H2,8,9,10,11);2H2,1H3,(H2,8,9,10,11);2H,1H3;1H4. The molecule has 0 unspecified atom stereocenters. The summed E-state index contributed by atoms with van der Waals surface area (Å²) in [6.45, 7) is 3.30. The molecule has 4 N–H and O–H groups in total. The zero-order valence-electron chi connectivity index (χ0n) is 14.3. The molecule has 0 saturated carbocycles. The lowest BCUT2D eigenvalue weighted by atomic mass is 10.3. The van der Waals surface area contributed by atoms with Gasteiger partial charge in [-0.05, 0) is 26.4 Å². The topological polar surface area (TPSA) is 131 Å². The second kappa shape index (κ2) is 13.5. The Morgan fingerprint density at radius 3 is 1.62 bits per heavy atom. The van der Waals surface area contributed by atoms with Gasteiger partial charge in [0.05, 0.1) is 5.88 Å². The normalized spacial score (nSPS) is 9.15. The highest BCUT2D eigenvalue weighted by Crippen LogP contribution is 2.05. The molecule has 0 fully saturated rings. The highest BCUT2D eigenvalue weighted by Gasteiger charge is 2.02. The number of alkyl halides is 1. The Morgan fingerprint density at radius 2 is 1.23 bits per heavy atom. The van der Waals surface area contributed by atoms with Gasteiger partial charge in [0.25, 0.3) is 11.1 Å². The van der Waals surface area contributed by atoms with Gasteiger partial charge in [-0.2, -0.15) is 24.4 Å². The third-order valence-corrected chi connectivity index (χ3v) is 3.84. The maximum atomic E-state index is 11.1. The van der Waals surface area contributed by atoms with Crippen LogP contribution in [0, 0.1) is 13.8 Å². The van der Waals surface area contributed by atoms with Crippen molar-refractivity contribution in [2.75, 3.05) is 12.5 Å². The van der Waals surface area contributed by atoms with Crippen LogP contribution >= 0.6 is 36.0 Å². The van der Waals surface area contributed by atoms with Crippen molar-refractivity contribution >= 4 is 36.0 Å². The molecular weight excluding hydrogens is 400 g/mol. The number of hydrogen-bond acceptors (Lipinski definition) is 6. The van der Waals surface area contributed by atoms with Crippen LogP contribution in [-0.4, -0.2) is 32.4 Å². The number of hydrogen-bond donors (Lipinski definition) is 5. The molecular formula is C15H25ClN4O4S2. The van der Waals surface area contributed by atoms with E-state index in [0.717, 1.165) is 0 Å². The van der Waals surface area contributed by atoms with Gasteiger partial charge < -0.3 is 9.97 Å². The molecule has 26 heavy (non-hydrogen) atoms. The predicted molar refractivity (Wildman–Crippen MR) is 113 cm³/mol. The smallest absolute Gasteiger partial charge is 0.310 e. The van der Waals surface area contributed by atoms with Crippen molar-refractivity contribution in [3.63, 3.8) is 0 Å². The lowest BCUT2D eigenvalue weighted by Gasteiger charge is -2.00. The van der Waals surface area contributed by atoms with Gasteiger partial charge >= 0.3 is 11.4 Å². The molecule has 0 radical (unpaired) electrons. The number of thioether (sulfide) groups is 1. The van der Waals surface area contributed by atoms with Crippen LogP contribution in [-0.2, 0) is 11.6 Å². The Bertz CT molecular complexity index is 902. The molecule has 2 heterocycles. The molecule has 148 valence electrons. The van der Waals surface area contributed by atoms with Crippen molar-refractivity contribution in [3.05, 3.63) is 64.2 Å². The van der Waals surface area contributed by atoms with Crippen molar-refractivity contribution in [1.82, 2.24) is 19.9 Å². The number of H-pyrrole nitrogens is 4. The quantitative estimate of drug-likeness (QED) is 0.376. The SMILES string of the molecule is C.CS.CSCc1[nH]c(=O)[nH]c(=O)c1C.Cc1c(CCl)[nH]c(=O)[nH]c1=O. The molecule has 0 bridgehead atoms. The molecule has 0 saturated heterocycles. The van der Waals surface area contributed by atoms with Gasteiger partial charge in [0.2, 0.25) is 0 Å². The van der Waals surface area contributed by atoms with E-state index in [-0.39, 0.29) is 24.4 Å². The van der Waals surface area contributed by atoms with E-state index in [0.29, 0.717) is 28.3 Å². The fourth-order valence-corrected chi connectivity index (χ4v) is 2.46. The van der Waals surface area contributed by atoms with Gasteiger partial charge in [-0.25, -0.2) is 9.59 Å². The molecule has 11 heteroatoms. The van der Waals surface area contributed by atoms with Gasteiger partial charge in [-0.1, -0.05) is 7.43 Å². The first-order valence-electron chi connectivity index (χ1n) is 6.94. The third-order valence-electron chi connectivity index (χ3n) is 2.99. The van der Waals surface area contributed by atoms with E-state index in [1.807, 2.05) is 6.26 Å². The van der Waals surface area contributed by atoms with Gasteiger partial charge in [0.1, 0.15) is 0 Å². The maximum absolute atomic E-state index is 11.1. The minimum Gasteiger partial charge on any atom is -0.310 e. The Kier molecular flexibility index (Phi) is 13.8. The Hall–Kier alpha value is -1.65. The van der Waals surface area contributed by atoms with E-state index in [2.05, 4.69) is 32.6 Å². The molecule has 0 aromatic carbocycles. The van der Waals surface area contributed by atoms with E-state index in [1.54, 1.807) is 31.9 Å². The summed E-state index contributed by atoms with van der Waals surface area (Å²) < 4.78 is 0. The summed E-state index contributed by atoms with van der Waals surface area (Å²) in [6, 6.07) is 0. The fourth-order valence-electron chi connectivity index (χ4n) is 1.61. The zero-order valence-corrected chi connectivity index (χ0v) is 16.7. The van der Waals surface area contributed by atoms with Crippen LogP contribution in [0.2, 0.25) is 0 Å². The number of aromatic amines is 4. The van der Waals surface area contributed by atoms with Crippen LogP contribution < -0.4 is 22.5 Å². The third kappa shape index (κ3) is 8.15. The van der Waals surface area contributed by atoms with Gasteiger partial charge in [-0.3, -0.25) is 19.6 Å². The second-order valence-corrected chi connectivity index (χ2v) is 5.72. The highest BCUT2D eigenvalue weighted by atomic mass is 35.5. The molecule has 0 aliphatic heterocycles. The highest BCUT2D eigenvalue weighted by molar-refractivity contribution is 7.97. The monoisotopic (exact) mass is 424 g/mol. The predicted octanol–water partition coefficient (Wildman–Crippen LogP) is 1.53. The molecule has 0 atom stereocenters. The van der Waals surface area contributed by atoms with Crippen molar-refractivity contribution < 1.29 is 0 Å². The van der Waals surface area contributed by atoms with E-state index in [4.69, 9.17) is 11.6 Å². The average molecular weight is 425 g/mol. The van der Waals surface area contributed by atoms with Gasteiger partial charge in [0, 0.05) is 28.3 Å². The fraction of sp³-hybridized carbons (Fsp3) is 0.467. The van der Waals surface area contributed by atoms with E-state index in [9.17, 15) is 19.2 Å². The summed E-state index contributed by atoms with van der Waals surface area (Å²) >= 11 is 10.5. The lowest BCUT2D eigenvalue weighted by molar-refractivity contribution is 0.953. The van der Waals surface area contributed by atoms with Crippen molar-refractivity contribution in [2.45, 2.75) is 32.9 Å². The zero-order chi connectivity index (χ0) is 19.6. The Morgan fingerprint density at radius 1 is 0.846 bits per heavy atom. The molecule has 2 rings (SSSR count). The van der Waals surface area contributed by atoms with Crippen molar-refractivity contribution in [3.8, 4) is 0 Å². The van der Waals surface area contributed by atoms with Gasteiger partial charge in [-0.15, -0.1) is 11.6 Å². The minimum absolute atomic E-state index is 0. The largest absolute Gasteiger partial charge is 0.325 e. The first-order chi connectivity index (χ1) is 11.8. The molecule has 2 aromatic heterocycles. The van der Waals surface area contributed by atoms with Crippen LogP contribution in [0.5, 0.6) is 0 Å². The number of thiol groups is 1. The van der Waals surface area contributed by atoms with Crippen molar-refractivity contribution in [2.24, 2.45) is 0 Å². The molecule has 8 nitrogen and oxygen atoms in total. The lowest BCUT2D eigenvalue weighted by Crippen LogP contribution is -2.26. The Balaban J connectivity index is 0. The van der Waals surface area contributed by atoms with Crippen LogP contribution in [0.4, 0.5) is 0 Å². The van der Waals surface area contributed by atoms with Crippen LogP contribution in [0.25, 0.3) is 0 Å². The van der Waals surface area contributed by atoms with Crippen LogP contribution in [0.3, 0.4) is 0 Å². The van der Waals surface area contributed by atoms with Gasteiger partial charge in [0.15, 0.2) is 0 Å². The number of halogens is 1. The van der Waals surface area contributed by atoms with Crippen molar-refractivity contribution in [1.29, 1.82) is 0 Å². The summed E-state index contributed by atoms with van der Waals surface area (Å²) in [7, 11) is 0. The van der Waals surface area contributed by atoms with Crippen LogP contribution in [0.15, 0.2) is 19.2 Å². The summed E-state index contributed by atoms with van der Waals surface area (Å²) in [6.07, 6.45) is 3.61. The maximum Gasteiger partial charge on any atom is 0.325 e. The summed E-state index contributed by atoms with van der Waals surface area (Å²) in [5.41, 5.74) is 0.582. The first kappa shape index (κ1) is 26.6. The van der Waals surface area contributed by atoms with Crippen LogP contribution in [0.1, 0.15) is 29.9 Å². The molecule has 0 amide bonds. The number of nitrogens with one attached hydrogen (secondary N) is 4. The molecule has 2 aromatic rings. The molecule has 0 aliphatic carbocycles. The van der Waals surface area contributed by atoms with E-state index in [1.165, 1.54) is 0 Å². The summed E-state index contributed by atoms with van der Waals surface area (Å²) in [4.78, 5) is 52.7. The number of rotatable bonds is 3. The average Bonchev–Trinajstić information content (AvgIpc) is 2.58.